The third-order valence-corrected chi connectivity index (χ3v) is 3.95. The number of carbonyl (C=O) groups excluding carboxylic acids is 1. The number of hydrogen-bond acceptors (Lipinski definition) is 2. The number of nitrogens with one attached hydrogen (secondary N) is 1. The van der Waals surface area contributed by atoms with E-state index in [2.05, 4.69) is 11.4 Å². The fourth-order valence-electron chi connectivity index (χ4n) is 2.80. The smallest absolute Gasteiger partial charge is 0.235 e. The Morgan fingerprint density at radius 2 is 1.85 bits per heavy atom. The van der Waals surface area contributed by atoms with Crippen molar-refractivity contribution in [3.05, 3.63) is 65.2 Å². The molecule has 1 atom stereocenters. The number of carbonyl (C=O) groups is 1. The van der Waals surface area contributed by atoms with Gasteiger partial charge in [0.25, 0.3) is 0 Å². The van der Waals surface area contributed by atoms with E-state index >= 15 is 0 Å². The molecule has 0 aliphatic carbocycles. The predicted octanol–water partition coefficient (Wildman–Crippen LogP) is 3.01. The van der Waals surface area contributed by atoms with Crippen LogP contribution in [0.15, 0.2) is 48.5 Å². The first-order chi connectivity index (χ1) is 9.65. The Morgan fingerprint density at radius 3 is 2.65 bits per heavy atom. The molecule has 2 aromatic rings. The summed E-state index contributed by atoms with van der Waals surface area (Å²) in [4.78, 5) is 12.4. The summed E-state index contributed by atoms with van der Waals surface area (Å²) in [6.45, 7) is 1.93. The van der Waals surface area contributed by atoms with Crippen molar-refractivity contribution >= 4 is 11.6 Å². The minimum atomic E-state index is -0.621. The first-order valence-electron chi connectivity index (χ1n) is 6.54. The molecule has 1 aliphatic heterocycles. The average molecular weight is 262 g/mol. The lowest BCUT2D eigenvalue weighted by Gasteiger charge is -2.22. The van der Waals surface area contributed by atoms with E-state index in [1.807, 2.05) is 49.4 Å². The number of para-hydroxylation sites is 1. The highest BCUT2D eigenvalue weighted by Crippen LogP contribution is 2.40. The van der Waals surface area contributed by atoms with Gasteiger partial charge in [-0.15, -0.1) is 0 Å². The molecule has 0 aromatic heterocycles. The van der Waals surface area contributed by atoms with Gasteiger partial charge in [-0.2, -0.15) is 5.26 Å². The Morgan fingerprint density at radius 1 is 1.15 bits per heavy atom. The zero-order chi connectivity index (χ0) is 14.2. The maximum absolute atomic E-state index is 12.4. The minimum Gasteiger partial charge on any atom is -0.325 e. The normalized spacial score (nSPS) is 20.1. The zero-order valence-electron chi connectivity index (χ0n) is 11.2. The molecule has 0 radical (unpaired) electrons. The summed E-state index contributed by atoms with van der Waals surface area (Å²) in [7, 11) is 0. The van der Waals surface area contributed by atoms with Crippen molar-refractivity contribution in [3.63, 3.8) is 0 Å². The summed E-state index contributed by atoms with van der Waals surface area (Å²) in [5.41, 5.74) is 2.78. The van der Waals surface area contributed by atoms with E-state index in [4.69, 9.17) is 0 Å². The van der Waals surface area contributed by atoms with Gasteiger partial charge in [0.15, 0.2) is 0 Å². The van der Waals surface area contributed by atoms with E-state index in [-0.39, 0.29) is 5.91 Å². The van der Waals surface area contributed by atoms with Crippen LogP contribution in [0, 0.1) is 11.3 Å². The van der Waals surface area contributed by atoms with Crippen molar-refractivity contribution in [2.75, 3.05) is 5.32 Å². The SMILES string of the molecule is CC1(Cc2ccccc2C#N)C(=O)Nc2ccccc21. The Balaban J connectivity index is 2.06. The molecule has 1 aliphatic rings. The molecule has 2 aromatic carbocycles. The van der Waals surface area contributed by atoms with Gasteiger partial charge in [-0.05, 0) is 36.6 Å². The second kappa shape index (κ2) is 4.50. The molecule has 98 valence electrons. The van der Waals surface area contributed by atoms with Gasteiger partial charge in [-0.3, -0.25) is 4.79 Å². The number of benzene rings is 2. The van der Waals surface area contributed by atoms with Gasteiger partial charge in [-0.1, -0.05) is 36.4 Å². The summed E-state index contributed by atoms with van der Waals surface area (Å²) in [5.74, 6) is -0.00792. The first kappa shape index (κ1) is 12.4. The average Bonchev–Trinajstić information content (AvgIpc) is 2.72. The van der Waals surface area contributed by atoms with Crippen LogP contribution in [0.3, 0.4) is 0 Å². The number of nitriles is 1. The monoisotopic (exact) mass is 262 g/mol. The van der Waals surface area contributed by atoms with E-state index in [0.29, 0.717) is 12.0 Å². The molecule has 1 unspecified atom stereocenters. The molecule has 1 amide bonds. The van der Waals surface area contributed by atoms with E-state index < -0.39 is 5.41 Å². The summed E-state index contributed by atoms with van der Waals surface area (Å²) in [6.07, 6.45) is 0.527. The molecular weight excluding hydrogens is 248 g/mol. The highest BCUT2D eigenvalue weighted by Gasteiger charge is 2.42. The van der Waals surface area contributed by atoms with Gasteiger partial charge in [0, 0.05) is 5.69 Å². The van der Waals surface area contributed by atoms with Gasteiger partial charge in [0.05, 0.1) is 17.0 Å². The molecule has 0 fully saturated rings. The molecule has 3 heteroatoms. The van der Waals surface area contributed by atoms with Gasteiger partial charge in [0.2, 0.25) is 5.91 Å². The third-order valence-electron chi connectivity index (χ3n) is 3.95. The summed E-state index contributed by atoms with van der Waals surface area (Å²) in [5, 5.41) is 12.1. The number of nitrogens with zero attached hydrogens (tertiary/aromatic N) is 1. The number of fused-ring (bicyclic) bond motifs is 1. The predicted molar refractivity (Wildman–Crippen MR) is 77.3 cm³/mol. The highest BCUT2D eigenvalue weighted by molar-refractivity contribution is 6.06. The van der Waals surface area contributed by atoms with Crippen LogP contribution in [0.4, 0.5) is 5.69 Å². The third kappa shape index (κ3) is 1.78. The van der Waals surface area contributed by atoms with E-state index in [9.17, 15) is 10.1 Å². The first-order valence-corrected chi connectivity index (χ1v) is 6.54. The van der Waals surface area contributed by atoms with Crippen LogP contribution in [0.25, 0.3) is 0 Å². The largest absolute Gasteiger partial charge is 0.325 e. The van der Waals surface area contributed by atoms with E-state index in [1.165, 1.54) is 0 Å². The summed E-state index contributed by atoms with van der Waals surface area (Å²) in [6, 6.07) is 17.4. The maximum Gasteiger partial charge on any atom is 0.235 e. The van der Waals surface area contributed by atoms with Crippen molar-refractivity contribution in [1.29, 1.82) is 5.26 Å². The molecule has 3 rings (SSSR count). The lowest BCUT2D eigenvalue weighted by atomic mass is 9.77. The van der Waals surface area contributed by atoms with Crippen molar-refractivity contribution in [2.24, 2.45) is 0 Å². The Hall–Kier alpha value is -2.60. The maximum atomic E-state index is 12.4. The molecular formula is C17H14N2O. The number of amides is 1. The van der Waals surface area contributed by atoms with Gasteiger partial charge >= 0.3 is 0 Å². The van der Waals surface area contributed by atoms with E-state index in [1.54, 1.807) is 6.07 Å². The van der Waals surface area contributed by atoms with Crippen LogP contribution >= 0.6 is 0 Å². The molecule has 0 spiro atoms. The molecule has 3 nitrogen and oxygen atoms in total. The Bertz CT molecular complexity index is 730. The van der Waals surface area contributed by atoms with Crippen molar-refractivity contribution in [1.82, 2.24) is 0 Å². The minimum absolute atomic E-state index is 0.00792. The zero-order valence-corrected chi connectivity index (χ0v) is 11.2. The molecule has 20 heavy (non-hydrogen) atoms. The van der Waals surface area contributed by atoms with Crippen molar-refractivity contribution < 1.29 is 4.79 Å². The van der Waals surface area contributed by atoms with Crippen LogP contribution < -0.4 is 5.32 Å². The second-order valence-corrected chi connectivity index (χ2v) is 5.28. The van der Waals surface area contributed by atoms with Crippen molar-refractivity contribution in [2.45, 2.75) is 18.8 Å². The number of rotatable bonds is 2. The number of anilines is 1. The van der Waals surface area contributed by atoms with Crippen LogP contribution in [0.1, 0.15) is 23.6 Å². The second-order valence-electron chi connectivity index (χ2n) is 5.28. The Kier molecular flexibility index (Phi) is 2.80. The lowest BCUT2D eigenvalue weighted by molar-refractivity contribution is -0.120. The van der Waals surface area contributed by atoms with Crippen molar-refractivity contribution in [3.8, 4) is 6.07 Å². The van der Waals surface area contributed by atoms with Gasteiger partial charge in [0.1, 0.15) is 0 Å². The topological polar surface area (TPSA) is 52.9 Å². The Labute approximate surface area is 117 Å². The van der Waals surface area contributed by atoms with Crippen LogP contribution in [0.2, 0.25) is 0 Å². The van der Waals surface area contributed by atoms with Crippen LogP contribution in [0.5, 0.6) is 0 Å². The molecule has 1 heterocycles. The fourth-order valence-corrected chi connectivity index (χ4v) is 2.80. The molecule has 0 saturated carbocycles. The number of hydrogen-bond donors (Lipinski definition) is 1. The van der Waals surface area contributed by atoms with Gasteiger partial charge < -0.3 is 5.32 Å². The fraction of sp³-hybridized carbons (Fsp3) is 0.176. The highest BCUT2D eigenvalue weighted by atomic mass is 16.2. The van der Waals surface area contributed by atoms with Gasteiger partial charge in [-0.25, -0.2) is 0 Å². The molecule has 0 bridgehead atoms. The lowest BCUT2D eigenvalue weighted by Crippen LogP contribution is -2.33. The molecule has 0 saturated heterocycles. The van der Waals surface area contributed by atoms with Crippen LogP contribution in [-0.2, 0) is 16.6 Å². The molecule has 1 N–H and O–H groups in total. The van der Waals surface area contributed by atoms with E-state index in [0.717, 1.165) is 16.8 Å². The van der Waals surface area contributed by atoms with Crippen LogP contribution in [-0.4, -0.2) is 5.91 Å². The standard InChI is InChI=1S/C17H14N2O/c1-17(10-12-6-2-3-7-13(12)11-18)14-8-4-5-9-15(14)19-16(17)20/h2-9H,10H2,1H3,(H,19,20). The summed E-state index contributed by atoms with van der Waals surface area (Å²) >= 11 is 0. The quantitative estimate of drug-likeness (QED) is 0.904. The summed E-state index contributed by atoms with van der Waals surface area (Å²) < 4.78 is 0.